The molecule has 6 nitrogen and oxygen atoms in total. The Hall–Kier alpha value is -1.30. The van der Waals surface area contributed by atoms with Crippen LogP contribution in [0.5, 0.6) is 0 Å². The van der Waals surface area contributed by atoms with Gasteiger partial charge in [0.2, 0.25) is 0 Å². The van der Waals surface area contributed by atoms with Crippen molar-refractivity contribution in [1.82, 2.24) is 5.32 Å². The maximum Gasteiger partial charge on any atom is 0.408 e. The number of ether oxygens (including phenoxy) is 2. The quantitative estimate of drug-likeness (QED) is 0.741. The fourth-order valence-electron chi connectivity index (χ4n) is 1.18. The van der Waals surface area contributed by atoms with Crippen LogP contribution in [0.3, 0.4) is 0 Å². The van der Waals surface area contributed by atoms with E-state index in [-0.39, 0.29) is 6.42 Å². The summed E-state index contributed by atoms with van der Waals surface area (Å²) in [7, 11) is 1.29. The number of hydrogen-bond acceptors (Lipinski definition) is 5. The van der Waals surface area contributed by atoms with Crippen molar-refractivity contribution < 1.29 is 19.1 Å². The maximum atomic E-state index is 11.6. The van der Waals surface area contributed by atoms with E-state index in [1.165, 1.54) is 7.11 Å². The van der Waals surface area contributed by atoms with Gasteiger partial charge in [-0.3, -0.25) is 4.79 Å². The van der Waals surface area contributed by atoms with E-state index >= 15 is 0 Å². The molecule has 0 aromatic heterocycles. The van der Waals surface area contributed by atoms with Crippen molar-refractivity contribution in [2.75, 3.05) is 7.11 Å². The van der Waals surface area contributed by atoms with Gasteiger partial charge in [0.1, 0.15) is 5.60 Å². The average Bonchev–Trinajstić information content (AvgIpc) is 2.13. The summed E-state index contributed by atoms with van der Waals surface area (Å²) in [5, 5.41) is 2.65. The standard InChI is InChI=1S/C12H24N2O4/c1-11(2,3)18-10(16)14-12(4,5)8(13)7-9(15)17-6/h8H,7,13H2,1-6H3,(H,14,16). The monoisotopic (exact) mass is 260 g/mol. The molecular weight excluding hydrogens is 236 g/mol. The molecule has 0 heterocycles. The van der Waals surface area contributed by atoms with Crippen LogP contribution >= 0.6 is 0 Å². The topological polar surface area (TPSA) is 90.6 Å². The normalized spacial score (nSPS) is 13.7. The number of nitrogens with one attached hydrogen (secondary N) is 1. The minimum atomic E-state index is -0.767. The Morgan fingerprint density at radius 2 is 1.72 bits per heavy atom. The molecule has 3 N–H and O–H groups in total. The highest BCUT2D eigenvalue weighted by atomic mass is 16.6. The Morgan fingerprint density at radius 3 is 2.11 bits per heavy atom. The fourth-order valence-corrected chi connectivity index (χ4v) is 1.18. The van der Waals surface area contributed by atoms with Gasteiger partial charge in [-0.2, -0.15) is 0 Å². The number of carbonyl (C=O) groups excluding carboxylic acids is 2. The summed E-state index contributed by atoms with van der Waals surface area (Å²) < 4.78 is 9.67. The molecular formula is C12H24N2O4. The Morgan fingerprint density at radius 1 is 1.22 bits per heavy atom. The number of amides is 1. The number of carbonyl (C=O) groups is 2. The molecule has 0 saturated heterocycles. The molecule has 0 aliphatic carbocycles. The van der Waals surface area contributed by atoms with Crippen molar-refractivity contribution in [2.24, 2.45) is 5.73 Å². The molecule has 0 aliphatic heterocycles. The second-order valence-electron chi connectivity index (χ2n) is 5.74. The first-order valence-corrected chi connectivity index (χ1v) is 5.81. The Balaban J connectivity index is 4.45. The Kier molecular flexibility index (Phi) is 5.60. The summed E-state index contributed by atoms with van der Waals surface area (Å²) >= 11 is 0. The molecule has 0 spiro atoms. The van der Waals surface area contributed by atoms with Gasteiger partial charge >= 0.3 is 12.1 Å². The van der Waals surface area contributed by atoms with Gasteiger partial charge in [-0.05, 0) is 34.6 Å². The number of nitrogens with two attached hydrogens (primary N) is 1. The average molecular weight is 260 g/mol. The van der Waals surface area contributed by atoms with E-state index in [4.69, 9.17) is 10.5 Å². The summed E-state index contributed by atoms with van der Waals surface area (Å²) in [5.74, 6) is -0.415. The van der Waals surface area contributed by atoms with Crippen molar-refractivity contribution in [3.63, 3.8) is 0 Å². The number of alkyl carbamates (subject to hydrolysis) is 1. The molecule has 1 atom stereocenters. The van der Waals surface area contributed by atoms with Crippen LogP contribution in [-0.2, 0) is 14.3 Å². The smallest absolute Gasteiger partial charge is 0.408 e. The highest BCUT2D eigenvalue weighted by molar-refractivity contribution is 5.71. The Bertz CT molecular complexity index is 308. The third kappa shape index (κ3) is 6.44. The zero-order valence-electron chi connectivity index (χ0n) is 12.0. The van der Waals surface area contributed by atoms with E-state index in [0.29, 0.717) is 0 Å². The molecule has 0 radical (unpaired) electrons. The predicted octanol–water partition coefficient (Wildman–Crippen LogP) is 1.18. The van der Waals surface area contributed by atoms with Gasteiger partial charge < -0.3 is 20.5 Å². The molecule has 0 aromatic rings. The van der Waals surface area contributed by atoms with Crippen molar-refractivity contribution in [2.45, 2.75) is 58.2 Å². The lowest BCUT2D eigenvalue weighted by molar-refractivity contribution is -0.141. The fraction of sp³-hybridized carbons (Fsp3) is 0.833. The number of methoxy groups -OCH3 is 1. The first-order chi connectivity index (χ1) is 7.98. The molecule has 0 rings (SSSR count). The summed E-state index contributed by atoms with van der Waals surface area (Å²) in [4.78, 5) is 22.8. The number of hydrogen-bond donors (Lipinski definition) is 2. The van der Waals surface area contributed by atoms with Gasteiger partial charge in [0.25, 0.3) is 0 Å². The zero-order valence-corrected chi connectivity index (χ0v) is 12.0. The lowest BCUT2D eigenvalue weighted by Gasteiger charge is -2.33. The van der Waals surface area contributed by atoms with Crippen molar-refractivity contribution >= 4 is 12.1 Å². The number of esters is 1. The number of rotatable bonds is 4. The van der Waals surface area contributed by atoms with Crippen LogP contribution in [-0.4, -0.2) is 36.4 Å². The largest absolute Gasteiger partial charge is 0.469 e. The van der Waals surface area contributed by atoms with Crippen molar-refractivity contribution in [1.29, 1.82) is 0 Å². The van der Waals surface area contributed by atoms with Gasteiger partial charge in [-0.1, -0.05) is 0 Å². The molecule has 106 valence electrons. The first kappa shape index (κ1) is 16.7. The van der Waals surface area contributed by atoms with Gasteiger partial charge in [0, 0.05) is 6.04 Å². The molecule has 0 aromatic carbocycles. The highest BCUT2D eigenvalue weighted by Gasteiger charge is 2.31. The summed E-state index contributed by atoms with van der Waals surface area (Å²) in [6.07, 6.45) is -0.535. The van der Waals surface area contributed by atoms with Crippen LogP contribution in [0.25, 0.3) is 0 Å². The second kappa shape index (κ2) is 6.04. The van der Waals surface area contributed by atoms with Crippen molar-refractivity contribution in [3.05, 3.63) is 0 Å². The molecule has 0 fully saturated rings. The predicted molar refractivity (Wildman–Crippen MR) is 68.1 cm³/mol. The van der Waals surface area contributed by atoms with E-state index in [9.17, 15) is 9.59 Å². The van der Waals surface area contributed by atoms with E-state index in [1.807, 2.05) is 0 Å². The molecule has 1 unspecified atom stereocenters. The van der Waals surface area contributed by atoms with Gasteiger partial charge in [-0.25, -0.2) is 4.79 Å². The lowest BCUT2D eigenvalue weighted by Crippen LogP contribution is -2.57. The summed E-state index contributed by atoms with van der Waals surface area (Å²) in [5.41, 5.74) is 4.52. The second-order valence-corrected chi connectivity index (χ2v) is 5.74. The van der Waals surface area contributed by atoms with Crippen molar-refractivity contribution in [3.8, 4) is 0 Å². The molecule has 6 heteroatoms. The Labute approximate surface area is 108 Å². The van der Waals surface area contributed by atoms with E-state index in [1.54, 1.807) is 34.6 Å². The minimum Gasteiger partial charge on any atom is -0.469 e. The molecule has 0 bridgehead atoms. The first-order valence-electron chi connectivity index (χ1n) is 5.81. The third-order valence-electron chi connectivity index (χ3n) is 2.36. The van der Waals surface area contributed by atoms with Crippen LogP contribution in [0.1, 0.15) is 41.0 Å². The SMILES string of the molecule is COC(=O)CC(N)C(C)(C)NC(=O)OC(C)(C)C. The molecule has 1 amide bonds. The van der Waals surface area contributed by atoms with E-state index < -0.39 is 29.2 Å². The highest BCUT2D eigenvalue weighted by Crippen LogP contribution is 2.13. The lowest BCUT2D eigenvalue weighted by atomic mass is 9.93. The van der Waals surface area contributed by atoms with Crippen LogP contribution in [0, 0.1) is 0 Å². The molecule has 0 saturated carbocycles. The van der Waals surface area contributed by atoms with Crippen LogP contribution in [0.15, 0.2) is 0 Å². The summed E-state index contributed by atoms with van der Waals surface area (Å²) in [6, 6.07) is -0.558. The maximum absolute atomic E-state index is 11.6. The molecule has 0 aliphatic rings. The minimum absolute atomic E-state index is 0.0271. The van der Waals surface area contributed by atoms with Crippen LogP contribution < -0.4 is 11.1 Å². The third-order valence-corrected chi connectivity index (χ3v) is 2.36. The van der Waals surface area contributed by atoms with E-state index in [2.05, 4.69) is 10.1 Å². The zero-order chi connectivity index (χ0) is 14.6. The van der Waals surface area contributed by atoms with Gasteiger partial charge in [-0.15, -0.1) is 0 Å². The van der Waals surface area contributed by atoms with Gasteiger partial charge in [0.15, 0.2) is 0 Å². The molecule has 18 heavy (non-hydrogen) atoms. The van der Waals surface area contributed by atoms with Crippen LogP contribution in [0.4, 0.5) is 4.79 Å². The van der Waals surface area contributed by atoms with Gasteiger partial charge in [0.05, 0.1) is 19.1 Å². The van der Waals surface area contributed by atoms with Crippen LogP contribution in [0.2, 0.25) is 0 Å². The summed E-state index contributed by atoms with van der Waals surface area (Å²) in [6.45, 7) is 8.77. The van der Waals surface area contributed by atoms with E-state index in [0.717, 1.165) is 0 Å².